The van der Waals surface area contributed by atoms with E-state index in [1.807, 2.05) is 20.8 Å². The van der Waals surface area contributed by atoms with Gasteiger partial charge in [0.25, 0.3) is 0 Å². The van der Waals surface area contributed by atoms with Gasteiger partial charge in [-0.15, -0.1) is 0 Å². The average Bonchev–Trinajstić information content (AvgIpc) is 2.30. The van der Waals surface area contributed by atoms with E-state index >= 15 is 0 Å². The predicted molar refractivity (Wildman–Crippen MR) is 71.6 cm³/mol. The second-order valence-electron chi connectivity index (χ2n) is 4.43. The molecule has 6 heteroatoms. The van der Waals surface area contributed by atoms with E-state index < -0.39 is 6.10 Å². The fraction of sp³-hybridized carbons (Fsp3) is 0.667. The number of nitrogen functional groups attached to an aromatic ring is 1. The molecule has 0 radical (unpaired) electrons. The standard InChI is InChI=1S/C12H22N4O2/c1-4-5-9(17)6-14-11-10(13)12(16-7-15-11)18-8(2)3/h7-9,17H,4-6,13H2,1-3H3,(H,14,15,16). The lowest BCUT2D eigenvalue weighted by Crippen LogP contribution is -2.20. The summed E-state index contributed by atoms with van der Waals surface area (Å²) in [4.78, 5) is 8.02. The van der Waals surface area contributed by atoms with Gasteiger partial charge in [-0.2, -0.15) is 4.98 Å². The van der Waals surface area contributed by atoms with Crippen molar-refractivity contribution in [2.75, 3.05) is 17.6 Å². The number of aliphatic hydroxyl groups is 1. The van der Waals surface area contributed by atoms with Crippen LogP contribution in [0.15, 0.2) is 6.33 Å². The highest BCUT2D eigenvalue weighted by molar-refractivity contribution is 5.66. The third-order valence-electron chi connectivity index (χ3n) is 2.32. The predicted octanol–water partition coefficient (Wildman–Crippen LogP) is 1.42. The number of nitrogens with two attached hydrogens (primary N) is 1. The molecule has 1 aromatic rings. The van der Waals surface area contributed by atoms with Crippen LogP contribution in [0.25, 0.3) is 0 Å². The topological polar surface area (TPSA) is 93.3 Å². The molecule has 18 heavy (non-hydrogen) atoms. The molecule has 0 fully saturated rings. The quantitative estimate of drug-likeness (QED) is 0.681. The van der Waals surface area contributed by atoms with Gasteiger partial charge in [0.15, 0.2) is 5.82 Å². The molecule has 4 N–H and O–H groups in total. The Labute approximate surface area is 108 Å². The summed E-state index contributed by atoms with van der Waals surface area (Å²) < 4.78 is 5.46. The van der Waals surface area contributed by atoms with Crippen LogP contribution in [-0.2, 0) is 0 Å². The van der Waals surface area contributed by atoms with Crippen molar-refractivity contribution in [2.45, 2.75) is 45.8 Å². The van der Waals surface area contributed by atoms with Crippen LogP contribution >= 0.6 is 0 Å². The van der Waals surface area contributed by atoms with Gasteiger partial charge in [0.2, 0.25) is 5.88 Å². The fourth-order valence-corrected chi connectivity index (χ4v) is 1.49. The number of nitrogens with one attached hydrogen (secondary N) is 1. The smallest absolute Gasteiger partial charge is 0.242 e. The van der Waals surface area contributed by atoms with E-state index in [4.69, 9.17) is 10.5 Å². The number of ether oxygens (including phenoxy) is 1. The highest BCUT2D eigenvalue weighted by Crippen LogP contribution is 2.25. The van der Waals surface area contributed by atoms with Crippen LogP contribution in [0.4, 0.5) is 11.5 Å². The molecule has 6 nitrogen and oxygen atoms in total. The van der Waals surface area contributed by atoms with E-state index in [-0.39, 0.29) is 6.10 Å². The summed E-state index contributed by atoms with van der Waals surface area (Å²) in [6, 6.07) is 0. The monoisotopic (exact) mass is 254 g/mol. The van der Waals surface area contributed by atoms with E-state index in [1.54, 1.807) is 0 Å². The molecule has 1 aromatic heterocycles. The number of hydrogen-bond acceptors (Lipinski definition) is 6. The summed E-state index contributed by atoms with van der Waals surface area (Å²) in [5.41, 5.74) is 6.27. The van der Waals surface area contributed by atoms with Gasteiger partial charge in [-0.3, -0.25) is 0 Å². The summed E-state index contributed by atoms with van der Waals surface area (Å²) in [7, 11) is 0. The first kappa shape index (κ1) is 14.5. The molecule has 1 unspecified atom stereocenters. The first-order valence-corrected chi connectivity index (χ1v) is 6.23. The van der Waals surface area contributed by atoms with E-state index in [9.17, 15) is 5.11 Å². The number of rotatable bonds is 7. The van der Waals surface area contributed by atoms with Crippen LogP contribution in [0.5, 0.6) is 5.88 Å². The van der Waals surface area contributed by atoms with Crippen molar-refractivity contribution >= 4 is 11.5 Å². The summed E-state index contributed by atoms with van der Waals surface area (Å²) in [5.74, 6) is 0.864. The van der Waals surface area contributed by atoms with Gasteiger partial charge < -0.3 is 20.9 Å². The number of nitrogens with zero attached hydrogens (tertiary/aromatic N) is 2. The van der Waals surface area contributed by atoms with Crippen LogP contribution in [0, 0.1) is 0 Å². The van der Waals surface area contributed by atoms with Crippen LogP contribution in [0.2, 0.25) is 0 Å². The van der Waals surface area contributed by atoms with Gasteiger partial charge in [0, 0.05) is 6.54 Å². The Balaban J connectivity index is 2.65. The second kappa shape index (κ2) is 7.00. The largest absolute Gasteiger partial charge is 0.473 e. The molecule has 0 amide bonds. The van der Waals surface area contributed by atoms with E-state index in [0.717, 1.165) is 12.8 Å². The Kier molecular flexibility index (Phi) is 5.64. The molecule has 102 valence electrons. The summed E-state index contributed by atoms with van der Waals surface area (Å²) in [6.07, 6.45) is 2.67. The Hall–Kier alpha value is -1.56. The molecular formula is C12H22N4O2. The zero-order valence-electron chi connectivity index (χ0n) is 11.2. The van der Waals surface area contributed by atoms with Crippen molar-refractivity contribution in [3.05, 3.63) is 6.33 Å². The molecule has 0 saturated heterocycles. The van der Waals surface area contributed by atoms with Crippen molar-refractivity contribution in [1.29, 1.82) is 0 Å². The lowest BCUT2D eigenvalue weighted by Gasteiger charge is -2.15. The molecule has 0 aromatic carbocycles. The first-order chi connectivity index (χ1) is 8.54. The maximum atomic E-state index is 9.64. The maximum Gasteiger partial charge on any atom is 0.242 e. The Morgan fingerprint density at radius 2 is 2.17 bits per heavy atom. The Bertz CT molecular complexity index is 371. The van der Waals surface area contributed by atoms with Crippen molar-refractivity contribution in [3.8, 4) is 5.88 Å². The van der Waals surface area contributed by atoms with Crippen LogP contribution in [0.3, 0.4) is 0 Å². The third kappa shape index (κ3) is 4.37. The van der Waals surface area contributed by atoms with Crippen LogP contribution in [-0.4, -0.2) is 33.8 Å². The van der Waals surface area contributed by atoms with Crippen LogP contribution in [0.1, 0.15) is 33.6 Å². The molecule has 1 atom stereocenters. The number of anilines is 2. The SMILES string of the molecule is CCCC(O)CNc1ncnc(OC(C)C)c1N. The molecule has 0 aliphatic rings. The minimum Gasteiger partial charge on any atom is -0.473 e. The molecular weight excluding hydrogens is 232 g/mol. The van der Waals surface area contributed by atoms with Crippen molar-refractivity contribution in [1.82, 2.24) is 9.97 Å². The zero-order chi connectivity index (χ0) is 13.5. The molecule has 0 saturated carbocycles. The van der Waals surface area contributed by atoms with Gasteiger partial charge in [-0.1, -0.05) is 13.3 Å². The molecule has 0 aliphatic carbocycles. The normalized spacial score (nSPS) is 12.5. The highest BCUT2D eigenvalue weighted by Gasteiger charge is 2.11. The Morgan fingerprint density at radius 3 is 2.78 bits per heavy atom. The first-order valence-electron chi connectivity index (χ1n) is 6.23. The zero-order valence-corrected chi connectivity index (χ0v) is 11.2. The van der Waals surface area contributed by atoms with Crippen molar-refractivity contribution in [3.63, 3.8) is 0 Å². The van der Waals surface area contributed by atoms with Gasteiger partial charge in [0.05, 0.1) is 12.2 Å². The van der Waals surface area contributed by atoms with E-state index in [0.29, 0.717) is 23.9 Å². The van der Waals surface area contributed by atoms with Gasteiger partial charge in [0.1, 0.15) is 12.0 Å². The molecule has 0 bridgehead atoms. The average molecular weight is 254 g/mol. The fourth-order valence-electron chi connectivity index (χ4n) is 1.49. The van der Waals surface area contributed by atoms with Gasteiger partial charge >= 0.3 is 0 Å². The summed E-state index contributed by atoms with van der Waals surface area (Å²) in [5, 5.41) is 12.6. The summed E-state index contributed by atoms with van der Waals surface area (Å²) >= 11 is 0. The number of aromatic nitrogens is 2. The second-order valence-corrected chi connectivity index (χ2v) is 4.43. The lowest BCUT2D eigenvalue weighted by molar-refractivity contribution is 0.176. The van der Waals surface area contributed by atoms with E-state index in [1.165, 1.54) is 6.33 Å². The molecule has 0 aliphatic heterocycles. The van der Waals surface area contributed by atoms with Crippen LogP contribution < -0.4 is 15.8 Å². The minimum absolute atomic E-state index is 0.000677. The highest BCUT2D eigenvalue weighted by atomic mass is 16.5. The molecule has 0 spiro atoms. The maximum absolute atomic E-state index is 9.64. The molecule has 1 heterocycles. The van der Waals surface area contributed by atoms with E-state index in [2.05, 4.69) is 15.3 Å². The lowest BCUT2D eigenvalue weighted by atomic mass is 10.2. The number of aliphatic hydroxyl groups excluding tert-OH is 1. The number of hydrogen-bond donors (Lipinski definition) is 3. The van der Waals surface area contributed by atoms with Gasteiger partial charge in [-0.05, 0) is 20.3 Å². The third-order valence-corrected chi connectivity index (χ3v) is 2.32. The minimum atomic E-state index is -0.404. The van der Waals surface area contributed by atoms with Crippen molar-refractivity contribution in [2.24, 2.45) is 0 Å². The molecule has 1 rings (SSSR count). The van der Waals surface area contributed by atoms with Crippen molar-refractivity contribution < 1.29 is 9.84 Å². The van der Waals surface area contributed by atoms with Gasteiger partial charge in [-0.25, -0.2) is 4.98 Å². The Morgan fingerprint density at radius 1 is 1.44 bits per heavy atom. The summed E-state index contributed by atoms with van der Waals surface area (Å²) in [6.45, 7) is 6.24.